The maximum atomic E-state index is 5.35. The van der Waals surface area contributed by atoms with Crippen LogP contribution in [0.3, 0.4) is 0 Å². The van der Waals surface area contributed by atoms with Crippen LogP contribution in [0, 0.1) is 0 Å². The smallest absolute Gasteiger partial charge is 0.202 e. The molecule has 2 aromatic rings. The molecule has 0 spiro atoms. The van der Waals surface area contributed by atoms with Gasteiger partial charge in [-0.15, -0.1) is 0 Å². The van der Waals surface area contributed by atoms with Crippen molar-refractivity contribution in [1.82, 2.24) is 24.8 Å². The molecule has 102 valence electrons. The molecular formula is C11H16N6OS. The second-order valence-corrected chi connectivity index (χ2v) is 5.23. The molecule has 3 rings (SSSR count). The summed E-state index contributed by atoms with van der Waals surface area (Å²) in [6.07, 6.45) is 4.60. The lowest BCUT2D eigenvalue weighted by atomic mass is 10.00. The van der Waals surface area contributed by atoms with Crippen molar-refractivity contribution in [3.8, 4) is 0 Å². The third-order valence-corrected chi connectivity index (χ3v) is 3.84. The van der Waals surface area contributed by atoms with Crippen molar-refractivity contribution >= 4 is 16.7 Å². The second kappa shape index (κ2) is 6.07. The lowest BCUT2D eigenvalue weighted by Crippen LogP contribution is -2.15. The quantitative estimate of drug-likeness (QED) is 0.855. The summed E-state index contributed by atoms with van der Waals surface area (Å²) in [6, 6.07) is 0. The molecule has 7 nitrogen and oxygen atoms in total. The minimum absolute atomic E-state index is 0.455. The summed E-state index contributed by atoms with van der Waals surface area (Å²) in [7, 11) is 0. The van der Waals surface area contributed by atoms with Crippen LogP contribution in [0.1, 0.15) is 30.3 Å². The van der Waals surface area contributed by atoms with Gasteiger partial charge in [-0.3, -0.25) is 0 Å². The number of nitrogens with one attached hydrogen (secondary N) is 2. The van der Waals surface area contributed by atoms with E-state index < -0.39 is 0 Å². The Hall–Kier alpha value is -1.54. The lowest BCUT2D eigenvalue weighted by Gasteiger charge is -2.18. The highest BCUT2D eigenvalue weighted by molar-refractivity contribution is 7.09. The first-order chi connectivity index (χ1) is 9.42. The molecule has 1 aliphatic rings. The van der Waals surface area contributed by atoms with Crippen LogP contribution in [0.2, 0.25) is 0 Å². The first kappa shape index (κ1) is 12.5. The number of hydrogen-bond acceptors (Lipinski definition) is 7. The molecule has 0 atom stereocenters. The van der Waals surface area contributed by atoms with E-state index in [0.29, 0.717) is 5.92 Å². The third kappa shape index (κ3) is 3.27. The second-order valence-electron chi connectivity index (χ2n) is 4.48. The Bertz CT molecular complexity index is 493. The van der Waals surface area contributed by atoms with Crippen LogP contribution in [0.25, 0.3) is 0 Å². The molecule has 0 aromatic carbocycles. The monoisotopic (exact) mass is 280 g/mol. The predicted octanol–water partition coefficient (Wildman–Crippen LogP) is 1.20. The molecule has 1 fully saturated rings. The van der Waals surface area contributed by atoms with Gasteiger partial charge in [-0.05, 0) is 12.8 Å². The van der Waals surface area contributed by atoms with E-state index in [9.17, 15) is 0 Å². The fourth-order valence-electron chi connectivity index (χ4n) is 2.07. The number of aromatic nitrogens is 5. The van der Waals surface area contributed by atoms with Gasteiger partial charge >= 0.3 is 0 Å². The zero-order valence-electron chi connectivity index (χ0n) is 10.5. The van der Waals surface area contributed by atoms with Gasteiger partial charge in [0.2, 0.25) is 5.13 Å². The number of rotatable bonds is 5. The van der Waals surface area contributed by atoms with Gasteiger partial charge in [0.15, 0.2) is 0 Å². The predicted molar refractivity (Wildman–Crippen MR) is 71.3 cm³/mol. The highest BCUT2D eigenvalue weighted by Crippen LogP contribution is 2.26. The van der Waals surface area contributed by atoms with Gasteiger partial charge in [-0.25, -0.2) is 4.98 Å². The first-order valence-corrected chi connectivity index (χ1v) is 7.19. The SMILES string of the molecule is c1n[nH]nc1CCNc1nc(C2CCOCC2)ns1. The average molecular weight is 280 g/mol. The van der Waals surface area contributed by atoms with Crippen LogP contribution in [0.5, 0.6) is 0 Å². The normalized spacial score (nSPS) is 16.6. The van der Waals surface area contributed by atoms with Gasteiger partial charge in [-0.1, -0.05) is 0 Å². The zero-order chi connectivity index (χ0) is 12.9. The van der Waals surface area contributed by atoms with Crippen molar-refractivity contribution in [3.05, 3.63) is 17.7 Å². The fourth-order valence-corrected chi connectivity index (χ4v) is 2.74. The van der Waals surface area contributed by atoms with Gasteiger partial charge < -0.3 is 10.1 Å². The van der Waals surface area contributed by atoms with Gasteiger partial charge in [0.25, 0.3) is 0 Å². The van der Waals surface area contributed by atoms with Gasteiger partial charge in [-0.2, -0.15) is 19.8 Å². The summed E-state index contributed by atoms with van der Waals surface area (Å²) in [5, 5.41) is 14.5. The van der Waals surface area contributed by atoms with E-state index in [4.69, 9.17) is 4.74 Å². The van der Waals surface area contributed by atoms with E-state index in [1.54, 1.807) is 6.20 Å². The van der Waals surface area contributed by atoms with Crippen molar-refractivity contribution < 1.29 is 4.74 Å². The molecule has 19 heavy (non-hydrogen) atoms. The molecule has 0 aliphatic carbocycles. The van der Waals surface area contributed by atoms with E-state index in [2.05, 4.69) is 30.1 Å². The third-order valence-electron chi connectivity index (χ3n) is 3.15. The Labute approximate surface area is 115 Å². The topological polar surface area (TPSA) is 88.6 Å². The zero-order valence-corrected chi connectivity index (χ0v) is 11.3. The van der Waals surface area contributed by atoms with Crippen LogP contribution < -0.4 is 5.32 Å². The maximum absolute atomic E-state index is 5.35. The average Bonchev–Trinajstić information content (AvgIpc) is 3.11. The largest absolute Gasteiger partial charge is 0.381 e. The molecular weight excluding hydrogens is 264 g/mol. The molecule has 2 N–H and O–H groups in total. The van der Waals surface area contributed by atoms with Crippen molar-refractivity contribution in [2.45, 2.75) is 25.2 Å². The van der Waals surface area contributed by atoms with E-state index >= 15 is 0 Å². The maximum Gasteiger partial charge on any atom is 0.202 e. The summed E-state index contributed by atoms with van der Waals surface area (Å²) < 4.78 is 9.78. The Morgan fingerprint density at radius 2 is 2.32 bits per heavy atom. The molecule has 0 bridgehead atoms. The summed E-state index contributed by atoms with van der Waals surface area (Å²) in [6.45, 7) is 2.42. The molecule has 0 radical (unpaired) electrons. The van der Waals surface area contributed by atoms with Gasteiger partial charge in [0.05, 0.1) is 11.9 Å². The fraction of sp³-hybridized carbons (Fsp3) is 0.636. The van der Waals surface area contributed by atoms with E-state index in [1.807, 2.05) is 0 Å². The molecule has 8 heteroatoms. The van der Waals surface area contributed by atoms with Crippen molar-refractivity contribution in [3.63, 3.8) is 0 Å². The van der Waals surface area contributed by atoms with Crippen LogP contribution >= 0.6 is 11.5 Å². The van der Waals surface area contributed by atoms with E-state index in [-0.39, 0.29) is 0 Å². The van der Waals surface area contributed by atoms with Crippen LogP contribution in [0.4, 0.5) is 5.13 Å². The van der Waals surface area contributed by atoms with Gasteiger partial charge in [0, 0.05) is 43.6 Å². The number of hydrogen-bond donors (Lipinski definition) is 2. The van der Waals surface area contributed by atoms with Crippen molar-refractivity contribution in [2.75, 3.05) is 25.1 Å². The Morgan fingerprint density at radius 1 is 1.42 bits per heavy atom. The van der Waals surface area contributed by atoms with Gasteiger partial charge in [0.1, 0.15) is 5.82 Å². The van der Waals surface area contributed by atoms with Crippen molar-refractivity contribution in [1.29, 1.82) is 0 Å². The molecule has 1 saturated heterocycles. The molecule has 1 aliphatic heterocycles. The molecule has 3 heterocycles. The number of anilines is 1. The number of aromatic amines is 1. The highest BCUT2D eigenvalue weighted by atomic mass is 32.1. The molecule has 0 saturated carbocycles. The summed E-state index contributed by atoms with van der Waals surface area (Å²) in [5.74, 6) is 1.41. The molecule has 0 unspecified atom stereocenters. The first-order valence-electron chi connectivity index (χ1n) is 6.41. The molecule has 0 amide bonds. The Balaban J connectivity index is 1.50. The standard InChI is InChI=1S/C11H16N6OS/c1(9-7-13-17-15-9)4-12-11-14-10(16-19-11)8-2-5-18-6-3-8/h7-8H,1-6H2,(H,12,14,16)(H,13,15,17). The number of nitrogens with zero attached hydrogens (tertiary/aromatic N) is 4. The summed E-state index contributed by atoms with van der Waals surface area (Å²) in [4.78, 5) is 4.55. The lowest BCUT2D eigenvalue weighted by molar-refractivity contribution is 0.0838. The Morgan fingerprint density at radius 3 is 3.11 bits per heavy atom. The highest BCUT2D eigenvalue weighted by Gasteiger charge is 2.20. The summed E-state index contributed by atoms with van der Waals surface area (Å²) >= 11 is 1.42. The number of H-pyrrole nitrogens is 1. The molecule has 2 aromatic heterocycles. The minimum atomic E-state index is 0.455. The Kier molecular flexibility index (Phi) is 3.99. The minimum Gasteiger partial charge on any atom is -0.381 e. The summed E-state index contributed by atoms with van der Waals surface area (Å²) in [5.41, 5.74) is 0.946. The van der Waals surface area contributed by atoms with Crippen LogP contribution in [-0.4, -0.2) is 44.5 Å². The van der Waals surface area contributed by atoms with E-state index in [0.717, 1.165) is 55.7 Å². The van der Waals surface area contributed by atoms with E-state index in [1.165, 1.54) is 11.5 Å². The number of ether oxygens (including phenoxy) is 1. The van der Waals surface area contributed by atoms with Crippen LogP contribution in [-0.2, 0) is 11.2 Å². The van der Waals surface area contributed by atoms with Crippen molar-refractivity contribution in [2.24, 2.45) is 0 Å². The van der Waals surface area contributed by atoms with Crippen LogP contribution in [0.15, 0.2) is 6.20 Å².